The number of aromatic nitrogens is 3. The highest BCUT2D eigenvalue weighted by molar-refractivity contribution is 6.13. The summed E-state index contributed by atoms with van der Waals surface area (Å²) in [5, 5.41) is 2.11. The smallest absolute Gasteiger partial charge is 0.164 e. The third-order valence-corrected chi connectivity index (χ3v) is 10.1. The maximum Gasteiger partial charge on any atom is 0.164 e. The molecule has 0 spiro atoms. The van der Waals surface area contributed by atoms with Gasteiger partial charge in [0.25, 0.3) is 0 Å². The molecule has 0 amide bonds. The van der Waals surface area contributed by atoms with E-state index in [1.807, 2.05) is 48.5 Å². The second kappa shape index (κ2) is 13.8. The van der Waals surface area contributed by atoms with Crippen molar-refractivity contribution in [3.8, 4) is 78.7 Å². The number of fused-ring (bicyclic) bond motifs is 3. The van der Waals surface area contributed by atoms with Gasteiger partial charge in [0.1, 0.15) is 11.2 Å². The quantitative estimate of drug-likeness (QED) is 0.166. The average molecular weight is 704 g/mol. The van der Waals surface area contributed by atoms with Gasteiger partial charge >= 0.3 is 0 Å². The molecule has 8 aromatic carbocycles. The van der Waals surface area contributed by atoms with Crippen LogP contribution in [0.15, 0.2) is 205 Å². The van der Waals surface area contributed by atoms with Crippen LogP contribution in [0.1, 0.15) is 0 Å². The van der Waals surface area contributed by atoms with E-state index in [4.69, 9.17) is 19.4 Å². The Morgan fingerprint density at radius 3 is 1.40 bits per heavy atom. The van der Waals surface area contributed by atoms with Gasteiger partial charge in [0.2, 0.25) is 0 Å². The predicted molar refractivity (Wildman–Crippen MR) is 225 cm³/mol. The molecular weight excluding hydrogens is 671 g/mol. The van der Waals surface area contributed by atoms with Gasteiger partial charge in [-0.15, -0.1) is 0 Å². The molecule has 4 nitrogen and oxygen atoms in total. The first-order valence-corrected chi connectivity index (χ1v) is 18.4. The molecule has 0 aliphatic heterocycles. The standard InChI is InChI=1S/C51H33N3O/c1-5-16-34(17-6-1)39-30-40(35-18-7-2-8-19-35)32-41(31-39)43-26-15-27-46-48(43)45-29-28-38(33-47(45)55-46)50-52-49(37-22-11-4-12-23-37)53-51(54-50)44-25-14-13-24-42(44)36-20-9-3-10-21-36/h1-33H. The summed E-state index contributed by atoms with van der Waals surface area (Å²) in [5.74, 6) is 1.81. The molecule has 2 heterocycles. The van der Waals surface area contributed by atoms with Crippen molar-refractivity contribution >= 4 is 21.9 Å². The number of furan rings is 1. The Labute approximate surface area is 319 Å². The van der Waals surface area contributed by atoms with Crippen molar-refractivity contribution in [1.82, 2.24) is 15.0 Å². The van der Waals surface area contributed by atoms with Gasteiger partial charge in [0.15, 0.2) is 17.5 Å². The molecule has 258 valence electrons. The van der Waals surface area contributed by atoms with E-state index in [1.165, 1.54) is 11.1 Å². The van der Waals surface area contributed by atoms with Crippen LogP contribution in [0.4, 0.5) is 0 Å². The zero-order chi connectivity index (χ0) is 36.6. The fourth-order valence-electron chi connectivity index (χ4n) is 7.47. The SMILES string of the molecule is c1ccc(-c2cc(-c3ccccc3)cc(-c3cccc4oc5cc(-c6nc(-c7ccccc7)nc(-c7ccccc7-c7ccccc7)n6)ccc5c34)c2)cc1. The fraction of sp³-hybridized carbons (Fsp3) is 0. The number of rotatable bonds is 7. The van der Waals surface area contributed by atoms with E-state index in [1.54, 1.807) is 0 Å². The van der Waals surface area contributed by atoms with Crippen LogP contribution in [-0.2, 0) is 0 Å². The lowest BCUT2D eigenvalue weighted by Gasteiger charge is -2.12. The van der Waals surface area contributed by atoms with Crippen molar-refractivity contribution in [3.63, 3.8) is 0 Å². The lowest BCUT2D eigenvalue weighted by Crippen LogP contribution is -2.01. The molecule has 0 radical (unpaired) electrons. The van der Waals surface area contributed by atoms with Gasteiger partial charge in [-0.25, -0.2) is 15.0 Å². The minimum Gasteiger partial charge on any atom is -0.456 e. The van der Waals surface area contributed by atoms with Crippen molar-refractivity contribution in [1.29, 1.82) is 0 Å². The Morgan fingerprint density at radius 1 is 0.273 bits per heavy atom. The van der Waals surface area contributed by atoms with Crippen molar-refractivity contribution in [2.45, 2.75) is 0 Å². The zero-order valence-electron chi connectivity index (χ0n) is 29.8. The average Bonchev–Trinajstić information content (AvgIpc) is 3.66. The number of hydrogen-bond acceptors (Lipinski definition) is 4. The molecule has 0 saturated heterocycles. The molecule has 10 rings (SSSR count). The van der Waals surface area contributed by atoms with E-state index in [2.05, 4.69) is 152 Å². The molecular formula is C51H33N3O. The molecule has 0 bridgehead atoms. The molecule has 0 atom stereocenters. The van der Waals surface area contributed by atoms with Gasteiger partial charge < -0.3 is 4.42 Å². The van der Waals surface area contributed by atoms with Gasteiger partial charge in [-0.1, -0.05) is 164 Å². The monoisotopic (exact) mass is 703 g/mol. The van der Waals surface area contributed by atoms with E-state index in [0.717, 1.165) is 72.0 Å². The molecule has 4 heteroatoms. The molecule has 0 aliphatic carbocycles. The molecule has 2 aromatic heterocycles. The largest absolute Gasteiger partial charge is 0.456 e. The summed E-state index contributed by atoms with van der Waals surface area (Å²) in [6, 6.07) is 69.3. The molecule has 0 fully saturated rings. The first-order chi connectivity index (χ1) is 27.2. The second-order valence-electron chi connectivity index (χ2n) is 13.6. The summed E-state index contributed by atoms with van der Waals surface area (Å²) in [6.07, 6.45) is 0. The molecule has 0 saturated carbocycles. The molecule has 10 aromatic rings. The van der Waals surface area contributed by atoms with Gasteiger partial charge in [0, 0.05) is 27.5 Å². The van der Waals surface area contributed by atoms with E-state index >= 15 is 0 Å². The first-order valence-electron chi connectivity index (χ1n) is 18.4. The normalized spacial score (nSPS) is 11.3. The van der Waals surface area contributed by atoms with Gasteiger partial charge in [0.05, 0.1) is 0 Å². The zero-order valence-corrected chi connectivity index (χ0v) is 29.8. The maximum atomic E-state index is 6.64. The van der Waals surface area contributed by atoms with Crippen LogP contribution in [0, 0.1) is 0 Å². The summed E-state index contributed by atoms with van der Waals surface area (Å²) in [6.45, 7) is 0. The number of hydrogen-bond donors (Lipinski definition) is 0. The molecule has 0 N–H and O–H groups in total. The highest BCUT2D eigenvalue weighted by atomic mass is 16.3. The van der Waals surface area contributed by atoms with E-state index in [-0.39, 0.29) is 0 Å². The topological polar surface area (TPSA) is 51.8 Å². The highest BCUT2D eigenvalue weighted by Crippen LogP contribution is 2.41. The Morgan fingerprint density at radius 2 is 0.764 bits per heavy atom. The van der Waals surface area contributed by atoms with Crippen LogP contribution in [0.2, 0.25) is 0 Å². The van der Waals surface area contributed by atoms with E-state index in [0.29, 0.717) is 17.5 Å². The van der Waals surface area contributed by atoms with Crippen LogP contribution in [-0.4, -0.2) is 15.0 Å². The number of benzene rings is 8. The Balaban J connectivity index is 1.13. The van der Waals surface area contributed by atoms with E-state index in [9.17, 15) is 0 Å². The fourth-order valence-corrected chi connectivity index (χ4v) is 7.47. The third kappa shape index (κ3) is 6.16. The second-order valence-corrected chi connectivity index (χ2v) is 13.6. The van der Waals surface area contributed by atoms with Crippen LogP contribution < -0.4 is 0 Å². The van der Waals surface area contributed by atoms with Gasteiger partial charge in [-0.3, -0.25) is 0 Å². The van der Waals surface area contributed by atoms with Crippen molar-refractivity contribution in [2.75, 3.05) is 0 Å². The van der Waals surface area contributed by atoms with Crippen LogP contribution >= 0.6 is 0 Å². The lowest BCUT2D eigenvalue weighted by atomic mass is 9.91. The minimum atomic E-state index is 0.581. The van der Waals surface area contributed by atoms with Crippen LogP contribution in [0.5, 0.6) is 0 Å². The summed E-state index contributed by atoms with van der Waals surface area (Å²) in [4.78, 5) is 15.2. The predicted octanol–water partition coefficient (Wildman–Crippen LogP) is 13.4. The van der Waals surface area contributed by atoms with Crippen LogP contribution in [0.25, 0.3) is 101 Å². The van der Waals surface area contributed by atoms with E-state index < -0.39 is 0 Å². The van der Waals surface area contributed by atoms with Gasteiger partial charge in [-0.05, 0) is 80.9 Å². The highest BCUT2D eigenvalue weighted by Gasteiger charge is 2.19. The van der Waals surface area contributed by atoms with Gasteiger partial charge in [-0.2, -0.15) is 0 Å². The summed E-state index contributed by atoms with van der Waals surface area (Å²) < 4.78 is 6.64. The summed E-state index contributed by atoms with van der Waals surface area (Å²) in [7, 11) is 0. The molecule has 0 aliphatic rings. The Bertz CT molecular complexity index is 2900. The first kappa shape index (κ1) is 32.2. The maximum absolute atomic E-state index is 6.64. The Kier molecular flexibility index (Phi) is 8.12. The minimum absolute atomic E-state index is 0.581. The number of nitrogens with zero attached hydrogens (tertiary/aromatic N) is 3. The van der Waals surface area contributed by atoms with Crippen LogP contribution in [0.3, 0.4) is 0 Å². The van der Waals surface area contributed by atoms with Crippen molar-refractivity contribution in [3.05, 3.63) is 200 Å². The molecule has 55 heavy (non-hydrogen) atoms. The third-order valence-electron chi connectivity index (χ3n) is 10.1. The molecule has 0 unspecified atom stereocenters. The Hall–Kier alpha value is -7.43. The van der Waals surface area contributed by atoms with Crippen molar-refractivity contribution < 1.29 is 4.42 Å². The summed E-state index contributed by atoms with van der Waals surface area (Å²) >= 11 is 0. The summed E-state index contributed by atoms with van der Waals surface area (Å²) in [5.41, 5.74) is 13.4. The van der Waals surface area contributed by atoms with Crippen molar-refractivity contribution in [2.24, 2.45) is 0 Å². The lowest BCUT2D eigenvalue weighted by molar-refractivity contribution is 0.669.